The van der Waals surface area contributed by atoms with Crippen molar-refractivity contribution in [3.63, 3.8) is 0 Å². The summed E-state index contributed by atoms with van der Waals surface area (Å²) in [5.41, 5.74) is 1.48. The minimum Gasteiger partial charge on any atom is -0.356 e. The van der Waals surface area contributed by atoms with Gasteiger partial charge in [0.2, 0.25) is 0 Å². The van der Waals surface area contributed by atoms with Gasteiger partial charge >= 0.3 is 0 Å². The Kier molecular flexibility index (Phi) is 3.81. The van der Waals surface area contributed by atoms with Gasteiger partial charge in [-0.25, -0.2) is 9.07 Å². The molecule has 1 fully saturated rings. The van der Waals surface area contributed by atoms with Crippen LogP contribution in [0.25, 0.3) is 16.8 Å². The fourth-order valence-corrected chi connectivity index (χ4v) is 3.62. The molecule has 0 saturated carbocycles. The van der Waals surface area contributed by atoms with E-state index in [2.05, 4.69) is 25.4 Å². The molecule has 1 aliphatic rings. The Morgan fingerprint density at radius 2 is 1.85 bits per heavy atom. The van der Waals surface area contributed by atoms with Crippen molar-refractivity contribution in [3.05, 3.63) is 60.3 Å². The summed E-state index contributed by atoms with van der Waals surface area (Å²) in [7, 11) is 0. The van der Waals surface area contributed by atoms with E-state index in [4.69, 9.17) is 4.52 Å². The maximum absolute atomic E-state index is 13.6. The van der Waals surface area contributed by atoms with Gasteiger partial charge in [-0.3, -0.25) is 0 Å². The number of nitrogens with zero attached hydrogens (tertiary/aromatic N) is 6. The molecule has 8 heteroatoms. The summed E-state index contributed by atoms with van der Waals surface area (Å²) in [5, 5.41) is 17.7. The van der Waals surface area contributed by atoms with Crippen LogP contribution in [-0.4, -0.2) is 38.2 Å². The van der Waals surface area contributed by atoms with Crippen LogP contribution < -0.4 is 4.90 Å². The first-order valence-corrected chi connectivity index (χ1v) is 8.91. The molecule has 1 aliphatic heterocycles. The molecule has 0 spiro atoms. The number of benzene rings is 1. The molecule has 0 unspecified atom stereocenters. The van der Waals surface area contributed by atoms with Gasteiger partial charge in [0.1, 0.15) is 5.82 Å². The number of aromatic nitrogens is 5. The monoisotopic (exact) mass is 364 g/mol. The Balaban J connectivity index is 1.30. The molecule has 1 aromatic carbocycles. The molecule has 3 aromatic heterocycles. The summed E-state index contributed by atoms with van der Waals surface area (Å²) in [5.74, 6) is 1.52. The van der Waals surface area contributed by atoms with Crippen molar-refractivity contribution in [1.29, 1.82) is 0 Å². The number of anilines is 1. The highest BCUT2D eigenvalue weighted by Crippen LogP contribution is 2.33. The number of hydrogen-bond donors (Lipinski definition) is 0. The molecule has 0 radical (unpaired) electrons. The van der Waals surface area contributed by atoms with E-state index >= 15 is 0 Å². The standard InChI is InChI=1S/C19H17FN6O/c20-14-2-3-16-15(12-14)19(24-27-16)13-6-10-25(11-7-13)17-4-5-18(23-22-17)26-9-1-8-21-26/h1-5,8-9,12-13H,6-7,10-11H2. The van der Waals surface area contributed by atoms with Crippen molar-refractivity contribution < 1.29 is 8.91 Å². The van der Waals surface area contributed by atoms with Gasteiger partial charge in [-0.05, 0) is 49.2 Å². The van der Waals surface area contributed by atoms with Crippen LogP contribution in [0.15, 0.2) is 53.3 Å². The Morgan fingerprint density at radius 3 is 2.59 bits per heavy atom. The van der Waals surface area contributed by atoms with E-state index in [1.54, 1.807) is 16.9 Å². The number of halogens is 1. The van der Waals surface area contributed by atoms with Crippen LogP contribution in [-0.2, 0) is 0 Å². The SMILES string of the molecule is Fc1ccc2onc(C3CCN(c4ccc(-n5cccn5)nn4)CC3)c2c1. The van der Waals surface area contributed by atoms with Crippen molar-refractivity contribution in [2.45, 2.75) is 18.8 Å². The third-order valence-electron chi connectivity index (χ3n) is 5.04. The summed E-state index contributed by atoms with van der Waals surface area (Å²) in [6.45, 7) is 1.67. The molecule has 4 aromatic rings. The van der Waals surface area contributed by atoms with Crippen LogP contribution >= 0.6 is 0 Å². The Bertz CT molecular complexity index is 1050. The molecule has 0 atom stereocenters. The maximum Gasteiger partial charge on any atom is 0.175 e. The van der Waals surface area contributed by atoms with Crippen molar-refractivity contribution in [1.82, 2.24) is 25.1 Å². The second kappa shape index (κ2) is 6.46. The Hall–Kier alpha value is -3.29. The fraction of sp³-hybridized carbons (Fsp3) is 0.263. The van der Waals surface area contributed by atoms with E-state index in [-0.39, 0.29) is 11.7 Å². The maximum atomic E-state index is 13.6. The average Bonchev–Trinajstić information content (AvgIpc) is 3.38. The predicted molar refractivity (Wildman–Crippen MR) is 97.3 cm³/mol. The zero-order chi connectivity index (χ0) is 18.2. The first kappa shape index (κ1) is 15.9. The molecular formula is C19H17FN6O. The van der Waals surface area contributed by atoms with Gasteiger partial charge in [-0.1, -0.05) is 5.16 Å². The second-order valence-electron chi connectivity index (χ2n) is 6.67. The van der Waals surface area contributed by atoms with Gasteiger partial charge in [0, 0.05) is 36.8 Å². The van der Waals surface area contributed by atoms with E-state index in [1.807, 2.05) is 24.4 Å². The highest BCUT2D eigenvalue weighted by Gasteiger charge is 2.26. The predicted octanol–water partition coefficient (Wildman–Crippen LogP) is 3.33. The number of piperidine rings is 1. The van der Waals surface area contributed by atoms with E-state index in [0.29, 0.717) is 11.4 Å². The quantitative estimate of drug-likeness (QED) is 0.555. The lowest BCUT2D eigenvalue weighted by Crippen LogP contribution is -2.33. The lowest BCUT2D eigenvalue weighted by Gasteiger charge is -2.31. The Labute approximate surface area is 154 Å². The largest absolute Gasteiger partial charge is 0.356 e. The summed E-state index contributed by atoms with van der Waals surface area (Å²) < 4.78 is 20.6. The second-order valence-corrected chi connectivity index (χ2v) is 6.67. The first-order valence-electron chi connectivity index (χ1n) is 8.91. The van der Waals surface area contributed by atoms with Crippen LogP contribution in [0.3, 0.4) is 0 Å². The number of rotatable bonds is 3. The molecule has 136 valence electrons. The third kappa shape index (κ3) is 2.92. The first-order chi connectivity index (χ1) is 13.3. The molecule has 27 heavy (non-hydrogen) atoms. The molecule has 5 rings (SSSR count). The van der Waals surface area contributed by atoms with Gasteiger partial charge in [-0.2, -0.15) is 5.10 Å². The lowest BCUT2D eigenvalue weighted by molar-refractivity contribution is 0.416. The average molecular weight is 364 g/mol. The van der Waals surface area contributed by atoms with E-state index in [1.165, 1.54) is 12.1 Å². The minimum atomic E-state index is -0.267. The topological polar surface area (TPSA) is 72.9 Å². The van der Waals surface area contributed by atoms with Crippen LogP contribution in [0.5, 0.6) is 0 Å². The summed E-state index contributed by atoms with van der Waals surface area (Å²) in [4.78, 5) is 2.21. The summed E-state index contributed by atoms with van der Waals surface area (Å²) in [6.07, 6.45) is 5.35. The van der Waals surface area contributed by atoms with E-state index < -0.39 is 0 Å². The van der Waals surface area contributed by atoms with Crippen molar-refractivity contribution >= 4 is 16.8 Å². The zero-order valence-electron chi connectivity index (χ0n) is 14.5. The molecule has 4 heterocycles. The molecule has 1 saturated heterocycles. The molecule has 0 bridgehead atoms. The summed E-state index contributed by atoms with van der Waals surface area (Å²) >= 11 is 0. The smallest absolute Gasteiger partial charge is 0.175 e. The Morgan fingerprint density at radius 1 is 1.04 bits per heavy atom. The third-order valence-corrected chi connectivity index (χ3v) is 5.04. The van der Waals surface area contributed by atoms with Crippen molar-refractivity contribution in [2.24, 2.45) is 0 Å². The normalized spacial score (nSPS) is 15.5. The molecule has 0 amide bonds. The highest BCUT2D eigenvalue weighted by molar-refractivity contribution is 5.80. The van der Waals surface area contributed by atoms with E-state index in [0.717, 1.165) is 42.8 Å². The van der Waals surface area contributed by atoms with Crippen LogP contribution in [0.2, 0.25) is 0 Å². The minimum absolute atomic E-state index is 0.251. The molecule has 0 N–H and O–H groups in total. The van der Waals surface area contributed by atoms with Crippen LogP contribution in [0.1, 0.15) is 24.5 Å². The number of fused-ring (bicyclic) bond motifs is 1. The van der Waals surface area contributed by atoms with Gasteiger partial charge in [0.25, 0.3) is 0 Å². The zero-order valence-corrected chi connectivity index (χ0v) is 14.5. The van der Waals surface area contributed by atoms with Gasteiger partial charge in [0.15, 0.2) is 17.2 Å². The van der Waals surface area contributed by atoms with E-state index in [9.17, 15) is 4.39 Å². The van der Waals surface area contributed by atoms with Gasteiger partial charge in [-0.15, -0.1) is 10.2 Å². The van der Waals surface area contributed by atoms with Crippen LogP contribution in [0, 0.1) is 5.82 Å². The molecular weight excluding hydrogens is 347 g/mol. The van der Waals surface area contributed by atoms with Gasteiger partial charge in [0.05, 0.1) is 5.69 Å². The number of hydrogen-bond acceptors (Lipinski definition) is 6. The van der Waals surface area contributed by atoms with Crippen molar-refractivity contribution in [3.8, 4) is 5.82 Å². The lowest BCUT2D eigenvalue weighted by atomic mass is 9.91. The molecule has 7 nitrogen and oxygen atoms in total. The van der Waals surface area contributed by atoms with Crippen LogP contribution in [0.4, 0.5) is 10.2 Å². The fourth-order valence-electron chi connectivity index (χ4n) is 3.62. The molecule has 0 aliphatic carbocycles. The van der Waals surface area contributed by atoms with Gasteiger partial charge < -0.3 is 9.42 Å². The van der Waals surface area contributed by atoms with Crippen molar-refractivity contribution in [2.75, 3.05) is 18.0 Å². The highest BCUT2D eigenvalue weighted by atomic mass is 19.1. The summed E-state index contributed by atoms with van der Waals surface area (Å²) in [6, 6.07) is 10.3.